The number of piperazine rings is 1. The van der Waals surface area contributed by atoms with E-state index in [4.69, 9.17) is 0 Å². The quantitative estimate of drug-likeness (QED) is 0.798. The first-order valence-corrected chi connectivity index (χ1v) is 6.01. The van der Waals surface area contributed by atoms with E-state index < -0.39 is 0 Å². The van der Waals surface area contributed by atoms with Crippen molar-refractivity contribution in [2.45, 2.75) is 13.5 Å². The van der Waals surface area contributed by atoms with Crippen molar-refractivity contribution in [2.75, 3.05) is 38.1 Å². The van der Waals surface area contributed by atoms with Crippen molar-refractivity contribution in [2.24, 2.45) is 0 Å². The molecule has 1 fully saturated rings. The zero-order valence-corrected chi connectivity index (χ0v) is 10.2. The number of rotatable bonds is 3. The van der Waals surface area contributed by atoms with Crippen LogP contribution in [0.4, 0.5) is 5.69 Å². The Kier molecular flexibility index (Phi) is 3.80. The van der Waals surface area contributed by atoms with Crippen molar-refractivity contribution in [3.63, 3.8) is 0 Å². The Bertz CT molecular complexity index is 343. The van der Waals surface area contributed by atoms with Crippen molar-refractivity contribution in [1.82, 2.24) is 10.6 Å². The standard InChI is InChI=1S/C13H21N3/c1-11-3-4-13(12(9-11)10-14-2)16-7-5-15-6-8-16/h3-4,9,14-15H,5-8,10H2,1-2H3. The van der Waals surface area contributed by atoms with Gasteiger partial charge in [-0.3, -0.25) is 0 Å². The average molecular weight is 219 g/mol. The number of hydrogen-bond acceptors (Lipinski definition) is 3. The highest BCUT2D eigenvalue weighted by Crippen LogP contribution is 2.22. The molecule has 1 heterocycles. The average Bonchev–Trinajstić information content (AvgIpc) is 2.31. The molecule has 0 aromatic heterocycles. The molecule has 16 heavy (non-hydrogen) atoms. The number of nitrogens with one attached hydrogen (secondary N) is 2. The lowest BCUT2D eigenvalue weighted by molar-refractivity contribution is 0.587. The van der Waals surface area contributed by atoms with Crippen LogP contribution in [0.25, 0.3) is 0 Å². The highest BCUT2D eigenvalue weighted by Gasteiger charge is 2.13. The molecule has 0 atom stereocenters. The molecule has 0 bridgehead atoms. The van der Waals surface area contributed by atoms with E-state index in [1.165, 1.54) is 16.8 Å². The number of hydrogen-bond donors (Lipinski definition) is 2. The van der Waals surface area contributed by atoms with E-state index in [0.717, 1.165) is 32.7 Å². The Hall–Kier alpha value is -1.06. The molecule has 1 aliphatic heterocycles. The van der Waals surface area contributed by atoms with Crippen molar-refractivity contribution >= 4 is 5.69 Å². The van der Waals surface area contributed by atoms with Gasteiger partial charge in [0.2, 0.25) is 0 Å². The number of aryl methyl sites for hydroxylation is 1. The predicted molar refractivity (Wildman–Crippen MR) is 69.0 cm³/mol. The van der Waals surface area contributed by atoms with E-state index in [2.05, 4.69) is 40.7 Å². The minimum atomic E-state index is 0.945. The summed E-state index contributed by atoms with van der Waals surface area (Å²) in [5, 5.41) is 6.64. The minimum absolute atomic E-state index is 0.945. The molecular weight excluding hydrogens is 198 g/mol. The number of nitrogens with zero attached hydrogens (tertiary/aromatic N) is 1. The van der Waals surface area contributed by atoms with Gasteiger partial charge in [0.1, 0.15) is 0 Å². The summed E-state index contributed by atoms with van der Waals surface area (Å²) in [6, 6.07) is 6.75. The summed E-state index contributed by atoms with van der Waals surface area (Å²) in [4.78, 5) is 2.47. The van der Waals surface area contributed by atoms with E-state index in [9.17, 15) is 0 Å². The first kappa shape index (κ1) is 11.4. The molecule has 3 heteroatoms. The van der Waals surface area contributed by atoms with Crippen LogP contribution in [0.5, 0.6) is 0 Å². The highest BCUT2D eigenvalue weighted by molar-refractivity contribution is 5.55. The van der Waals surface area contributed by atoms with Gasteiger partial charge in [-0.05, 0) is 25.6 Å². The fraction of sp³-hybridized carbons (Fsp3) is 0.538. The largest absolute Gasteiger partial charge is 0.369 e. The van der Waals surface area contributed by atoms with Crippen LogP contribution in [0.15, 0.2) is 18.2 Å². The molecular formula is C13H21N3. The molecule has 0 amide bonds. The predicted octanol–water partition coefficient (Wildman–Crippen LogP) is 1.12. The SMILES string of the molecule is CNCc1cc(C)ccc1N1CCNCC1. The minimum Gasteiger partial charge on any atom is -0.369 e. The molecule has 1 aliphatic rings. The molecule has 2 N–H and O–H groups in total. The number of benzene rings is 1. The van der Waals surface area contributed by atoms with Crippen molar-refractivity contribution in [3.8, 4) is 0 Å². The Morgan fingerprint density at radius 1 is 1.31 bits per heavy atom. The van der Waals surface area contributed by atoms with Gasteiger partial charge in [-0.25, -0.2) is 0 Å². The molecule has 0 saturated carbocycles. The Balaban J connectivity index is 2.23. The first-order valence-electron chi connectivity index (χ1n) is 6.01. The molecule has 1 aromatic rings. The van der Waals surface area contributed by atoms with Gasteiger partial charge in [0.05, 0.1) is 0 Å². The molecule has 1 aromatic carbocycles. The third-order valence-corrected chi connectivity index (χ3v) is 3.06. The van der Waals surface area contributed by atoms with Crippen LogP contribution in [0.3, 0.4) is 0 Å². The van der Waals surface area contributed by atoms with Crippen molar-refractivity contribution in [1.29, 1.82) is 0 Å². The zero-order chi connectivity index (χ0) is 11.4. The van der Waals surface area contributed by atoms with Gasteiger partial charge in [-0.2, -0.15) is 0 Å². The zero-order valence-electron chi connectivity index (χ0n) is 10.2. The van der Waals surface area contributed by atoms with Crippen LogP contribution in [-0.4, -0.2) is 33.2 Å². The second-order valence-corrected chi connectivity index (χ2v) is 4.40. The first-order chi connectivity index (χ1) is 7.81. The molecule has 3 nitrogen and oxygen atoms in total. The second kappa shape index (κ2) is 5.32. The number of anilines is 1. The second-order valence-electron chi connectivity index (χ2n) is 4.40. The lowest BCUT2D eigenvalue weighted by atomic mass is 10.1. The molecule has 0 spiro atoms. The van der Waals surface area contributed by atoms with E-state index in [1.54, 1.807) is 0 Å². The molecule has 0 aliphatic carbocycles. The van der Waals surface area contributed by atoms with E-state index >= 15 is 0 Å². The lowest BCUT2D eigenvalue weighted by Gasteiger charge is -2.31. The molecule has 0 radical (unpaired) electrons. The van der Waals surface area contributed by atoms with Gasteiger partial charge in [-0.1, -0.05) is 17.7 Å². The highest BCUT2D eigenvalue weighted by atomic mass is 15.2. The Labute approximate surface area is 97.8 Å². The maximum absolute atomic E-state index is 3.39. The fourth-order valence-corrected chi connectivity index (χ4v) is 2.26. The van der Waals surface area contributed by atoms with Crippen LogP contribution in [0.2, 0.25) is 0 Å². The Morgan fingerprint density at radius 2 is 2.06 bits per heavy atom. The van der Waals surface area contributed by atoms with Gasteiger partial charge >= 0.3 is 0 Å². The maximum atomic E-state index is 3.39. The smallest absolute Gasteiger partial charge is 0.0412 e. The fourth-order valence-electron chi connectivity index (χ4n) is 2.26. The molecule has 0 unspecified atom stereocenters. The van der Waals surface area contributed by atoms with Crippen LogP contribution in [0, 0.1) is 6.92 Å². The van der Waals surface area contributed by atoms with Gasteiger partial charge < -0.3 is 15.5 Å². The summed E-state index contributed by atoms with van der Waals surface area (Å²) in [6.07, 6.45) is 0. The summed E-state index contributed by atoms with van der Waals surface area (Å²) < 4.78 is 0. The van der Waals surface area contributed by atoms with Gasteiger partial charge in [0.25, 0.3) is 0 Å². The summed E-state index contributed by atoms with van der Waals surface area (Å²) >= 11 is 0. The van der Waals surface area contributed by atoms with Crippen molar-refractivity contribution < 1.29 is 0 Å². The molecule has 1 saturated heterocycles. The van der Waals surface area contributed by atoms with Crippen LogP contribution in [0.1, 0.15) is 11.1 Å². The van der Waals surface area contributed by atoms with Crippen LogP contribution in [-0.2, 0) is 6.54 Å². The van der Waals surface area contributed by atoms with E-state index in [1.807, 2.05) is 7.05 Å². The Morgan fingerprint density at radius 3 is 2.75 bits per heavy atom. The maximum Gasteiger partial charge on any atom is 0.0412 e. The van der Waals surface area contributed by atoms with Crippen LogP contribution >= 0.6 is 0 Å². The topological polar surface area (TPSA) is 27.3 Å². The van der Waals surface area contributed by atoms with Crippen molar-refractivity contribution in [3.05, 3.63) is 29.3 Å². The summed E-state index contributed by atoms with van der Waals surface area (Å²) in [5.41, 5.74) is 4.13. The third-order valence-electron chi connectivity index (χ3n) is 3.06. The van der Waals surface area contributed by atoms with Gasteiger partial charge in [0.15, 0.2) is 0 Å². The van der Waals surface area contributed by atoms with E-state index in [0.29, 0.717) is 0 Å². The summed E-state index contributed by atoms with van der Waals surface area (Å²) in [7, 11) is 2.00. The molecule has 2 rings (SSSR count). The lowest BCUT2D eigenvalue weighted by Crippen LogP contribution is -2.44. The van der Waals surface area contributed by atoms with Crippen LogP contribution < -0.4 is 15.5 Å². The van der Waals surface area contributed by atoms with Gasteiger partial charge in [0, 0.05) is 38.4 Å². The van der Waals surface area contributed by atoms with E-state index in [-0.39, 0.29) is 0 Å². The normalized spacial score (nSPS) is 16.5. The van der Waals surface area contributed by atoms with Gasteiger partial charge in [-0.15, -0.1) is 0 Å². The summed E-state index contributed by atoms with van der Waals surface area (Å²) in [6.45, 7) is 7.50. The monoisotopic (exact) mass is 219 g/mol. The summed E-state index contributed by atoms with van der Waals surface area (Å²) in [5.74, 6) is 0. The molecule has 88 valence electrons. The third kappa shape index (κ3) is 2.54.